The fraction of sp³-hybridized carbons (Fsp3) is 0.545. The number of piperidine rings is 2. The maximum Gasteiger partial charge on any atom is 0.276 e. The van der Waals surface area contributed by atoms with Crippen LogP contribution >= 0.6 is 0 Å². The van der Waals surface area contributed by atoms with E-state index in [1.54, 1.807) is 0 Å². The van der Waals surface area contributed by atoms with E-state index in [0.717, 1.165) is 51.2 Å². The maximum atomic E-state index is 12.9. The van der Waals surface area contributed by atoms with Crippen molar-refractivity contribution in [3.05, 3.63) is 53.4 Å². The van der Waals surface area contributed by atoms with E-state index in [0.29, 0.717) is 23.6 Å². The molecule has 2 atom stereocenters. The summed E-state index contributed by atoms with van der Waals surface area (Å²) in [6.45, 7) is 3.85. The molecule has 0 radical (unpaired) electrons. The summed E-state index contributed by atoms with van der Waals surface area (Å²) in [6.07, 6.45) is 5.80. The van der Waals surface area contributed by atoms with Crippen LogP contribution in [0.15, 0.2) is 40.9 Å². The molecule has 3 fully saturated rings. The van der Waals surface area contributed by atoms with Crippen LogP contribution in [0.1, 0.15) is 59.8 Å². The molecule has 5 rings (SSSR count). The van der Waals surface area contributed by atoms with Crippen molar-refractivity contribution in [2.45, 2.75) is 50.6 Å². The Labute approximate surface area is 160 Å². The second kappa shape index (κ2) is 7.12. The molecule has 3 heterocycles. The number of nitrogens with zero attached hydrogens (tertiary/aromatic N) is 3. The predicted octanol–water partition coefficient (Wildman–Crippen LogP) is 3.68. The molecule has 1 amide bonds. The second-order valence-electron chi connectivity index (χ2n) is 8.35. The lowest BCUT2D eigenvalue weighted by Crippen LogP contribution is -2.54. The molecule has 0 N–H and O–H groups in total. The molecule has 2 aromatic rings. The van der Waals surface area contributed by atoms with Crippen LogP contribution < -0.4 is 0 Å². The van der Waals surface area contributed by atoms with Gasteiger partial charge in [0, 0.05) is 37.7 Å². The first-order valence-corrected chi connectivity index (χ1v) is 10.3. The molecule has 142 valence electrons. The number of fused-ring (bicyclic) bond motifs is 1. The van der Waals surface area contributed by atoms with Crippen LogP contribution in [0.2, 0.25) is 0 Å². The molecular weight excluding hydrogens is 338 g/mol. The highest BCUT2D eigenvalue weighted by Crippen LogP contribution is 2.40. The normalized spacial score (nSPS) is 26.0. The smallest absolute Gasteiger partial charge is 0.276 e. The zero-order valence-electron chi connectivity index (χ0n) is 15.7. The summed E-state index contributed by atoms with van der Waals surface area (Å²) in [5.74, 6) is 1.99. The fourth-order valence-corrected chi connectivity index (χ4v) is 4.82. The van der Waals surface area contributed by atoms with E-state index >= 15 is 0 Å². The Morgan fingerprint density at radius 1 is 1.11 bits per heavy atom. The Hall–Kier alpha value is -2.14. The fourth-order valence-electron chi connectivity index (χ4n) is 4.82. The molecule has 0 spiro atoms. The standard InChI is InChI=1S/C22H27N3O2/c26-22(19-13-21(27-23-19)17-8-9-17)25-12-10-20-18(15-25)7-4-11-24(20)14-16-5-2-1-3-6-16/h1-3,5-6,13,17-18,20H,4,7-12,14-15H2/t18-,20-/m0/s1. The van der Waals surface area contributed by atoms with Crippen LogP contribution in [-0.4, -0.2) is 46.5 Å². The van der Waals surface area contributed by atoms with Crippen molar-refractivity contribution in [3.8, 4) is 0 Å². The topological polar surface area (TPSA) is 49.6 Å². The molecule has 1 aliphatic carbocycles. The monoisotopic (exact) mass is 365 g/mol. The molecule has 0 unspecified atom stereocenters. The van der Waals surface area contributed by atoms with Crippen LogP contribution in [0.25, 0.3) is 0 Å². The summed E-state index contributed by atoms with van der Waals surface area (Å²) >= 11 is 0. The first-order valence-electron chi connectivity index (χ1n) is 10.3. The van der Waals surface area contributed by atoms with Crippen LogP contribution in [0.3, 0.4) is 0 Å². The van der Waals surface area contributed by atoms with Gasteiger partial charge in [-0.25, -0.2) is 0 Å². The molecule has 1 aromatic carbocycles. The summed E-state index contributed by atoms with van der Waals surface area (Å²) in [5.41, 5.74) is 1.87. The highest BCUT2D eigenvalue weighted by Gasteiger charge is 2.38. The Morgan fingerprint density at radius 3 is 2.78 bits per heavy atom. The van der Waals surface area contributed by atoms with Crippen molar-refractivity contribution in [1.82, 2.24) is 15.0 Å². The molecule has 2 aliphatic heterocycles. The van der Waals surface area contributed by atoms with Crippen molar-refractivity contribution in [2.24, 2.45) is 5.92 Å². The molecule has 3 aliphatic rings. The zero-order chi connectivity index (χ0) is 18.2. The van der Waals surface area contributed by atoms with Crippen LogP contribution in [-0.2, 0) is 6.54 Å². The minimum atomic E-state index is 0.0456. The zero-order valence-corrected chi connectivity index (χ0v) is 15.7. The highest BCUT2D eigenvalue weighted by atomic mass is 16.5. The van der Waals surface area contributed by atoms with Gasteiger partial charge in [-0.2, -0.15) is 0 Å². The van der Waals surface area contributed by atoms with Crippen molar-refractivity contribution in [3.63, 3.8) is 0 Å². The van der Waals surface area contributed by atoms with Gasteiger partial charge < -0.3 is 9.42 Å². The second-order valence-corrected chi connectivity index (χ2v) is 8.35. The third-order valence-electron chi connectivity index (χ3n) is 6.43. The van der Waals surface area contributed by atoms with Crippen molar-refractivity contribution >= 4 is 5.91 Å². The predicted molar refractivity (Wildman–Crippen MR) is 102 cm³/mol. The molecule has 5 nitrogen and oxygen atoms in total. The van der Waals surface area contributed by atoms with Crippen LogP contribution in [0.4, 0.5) is 0 Å². The van der Waals surface area contributed by atoms with Gasteiger partial charge in [0.25, 0.3) is 5.91 Å². The number of hydrogen-bond donors (Lipinski definition) is 0. The van der Waals surface area contributed by atoms with E-state index in [1.165, 1.54) is 18.4 Å². The van der Waals surface area contributed by atoms with E-state index in [2.05, 4.69) is 40.4 Å². The number of rotatable bonds is 4. The number of carbonyl (C=O) groups is 1. The quantitative estimate of drug-likeness (QED) is 0.829. The van der Waals surface area contributed by atoms with Gasteiger partial charge in [0.1, 0.15) is 5.76 Å². The lowest BCUT2D eigenvalue weighted by molar-refractivity contribution is 0.0170. The molecular formula is C22H27N3O2. The minimum absolute atomic E-state index is 0.0456. The van der Waals surface area contributed by atoms with Gasteiger partial charge in [0.15, 0.2) is 5.69 Å². The number of aromatic nitrogens is 1. The Bertz CT molecular complexity index is 799. The highest BCUT2D eigenvalue weighted by molar-refractivity contribution is 5.92. The average Bonchev–Trinajstić information content (AvgIpc) is 3.45. The Morgan fingerprint density at radius 2 is 1.96 bits per heavy atom. The number of carbonyl (C=O) groups excluding carboxylic acids is 1. The van der Waals surface area contributed by atoms with E-state index in [1.807, 2.05) is 11.0 Å². The van der Waals surface area contributed by atoms with Crippen molar-refractivity contribution < 1.29 is 9.32 Å². The van der Waals surface area contributed by atoms with E-state index in [9.17, 15) is 4.79 Å². The number of likely N-dealkylation sites (tertiary alicyclic amines) is 2. The first kappa shape index (κ1) is 17.0. The van der Waals surface area contributed by atoms with Gasteiger partial charge in [-0.15, -0.1) is 0 Å². The Kier molecular flexibility index (Phi) is 4.48. The Balaban J connectivity index is 1.24. The van der Waals surface area contributed by atoms with E-state index in [-0.39, 0.29) is 5.91 Å². The lowest BCUT2D eigenvalue weighted by Gasteiger charge is -2.47. The molecule has 0 bridgehead atoms. The van der Waals surface area contributed by atoms with Gasteiger partial charge in [-0.1, -0.05) is 35.5 Å². The summed E-state index contributed by atoms with van der Waals surface area (Å²) in [4.78, 5) is 17.5. The minimum Gasteiger partial charge on any atom is -0.360 e. The van der Waals surface area contributed by atoms with Gasteiger partial charge in [0.05, 0.1) is 0 Å². The molecule has 5 heteroatoms. The van der Waals surface area contributed by atoms with Gasteiger partial charge >= 0.3 is 0 Å². The third kappa shape index (κ3) is 3.53. The number of hydrogen-bond acceptors (Lipinski definition) is 4. The molecule has 1 aromatic heterocycles. The van der Waals surface area contributed by atoms with Gasteiger partial charge in [-0.3, -0.25) is 9.69 Å². The summed E-state index contributed by atoms with van der Waals surface area (Å²) in [5, 5.41) is 4.05. The summed E-state index contributed by atoms with van der Waals surface area (Å²) in [7, 11) is 0. The van der Waals surface area contributed by atoms with Crippen molar-refractivity contribution in [1.29, 1.82) is 0 Å². The number of amides is 1. The van der Waals surface area contributed by atoms with Crippen LogP contribution in [0.5, 0.6) is 0 Å². The van der Waals surface area contributed by atoms with Gasteiger partial charge in [-0.05, 0) is 50.1 Å². The van der Waals surface area contributed by atoms with Crippen LogP contribution in [0, 0.1) is 5.92 Å². The molecule has 27 heavy (non-hydrogen) atoms. The first-order chi connectivity index (χ1) is 13.3. The maximum absolute atomic E-state index is 12.9. The lowest BCUT2D eigenvalue weighted by atomic mass is 9.83. The van der Waals surface area contributed by atoms with E-state index in [4.69, 9.17) is 4.52 Å². The third-order valence-corrected chi connectivity index (χ3v) is 6.43. The number of benzene rings is 1. The largest absolute Gasteiger partial charge is 0.360 e. The SMILES string of the molecule is O=C(c1cc(C2CC2)on1)N1CC[C@H]2[C@@H](CCCN2Cc2ccccc2)C1. The molecule has 2 saturated heterocycles. The average molecular weight is 365 g/mol. The van der Waals surface area contributed by atoms with Crippen molar-refractivity contribution in [2.75, 3.05) is 19.6 Å². The summed E-state index contributed by atoms with van der Waals surface area (Å²) in [6, 6.07) is 13.2. The summed E-state index contributed by atoms with van der Waals surface area (Å²) < 4.78 is 5.38. The van der Waals surface area contributed by atoms with Gasteiger partial charge in [0.2, 0.25) is 0 Å². The van der Waals surface area contributed by atoms with E-state index < -0.39 is 0 Å². The molecule has 1 saturated carbocycles.